The van der Waals surface area contributed by atoms with Gasteiger partial charge in [0, 0.05) is 6.04 Å². The number of nitrogens with one attached hydrogen (secondary N) is 1. The Hall–Kier alpha value is -2.34. The first-order chi connectivity index (χ1) is 13.4. The van der Waals surface area contributed by atoms with E-state index in [1.165, 1.54) is 23.6 Å². The molecule has 0 heterocycles. The lowest BCUT2D eigenvalue weighted by Gasteiger charge is -2.28. The Morgan fingerprint density at radius 3 is 2.39 bits per heavy atom. The molecule has 2 bridgehead atoms. The van der Waals surface area contributed by atoms with Gasteiger partial charge in [0.25, 0.3) is 10.0 Å². The Morgan fingerprint density at radius 1 is 1.04 bits per heavy atom. The second-order valence-corrected chi connectivity index (χ2v) is 9.82. The summed E-state index contributed by atoms with van der Waals surface area (Å²) in [5.41, 5.74) is 1.35. The van der Waals surface area contributed by atoms with Crippen molar-refractivity contribution in [3.8, 4) is 0 Å². The molecule has 0 aromatic heterocycles. The average molecular weight is 399 g/mol. The molecule has 4 rings (SSSR count). The van der Waals surface area contributed by atoms with Crippen molar-refractivity contribution < 1.29 is 13.2 Å². The van der Waals surface area contributed by atoms with Gasteiger partial charge >= 0.3 is 0 Å². The fourth-order valence-corrected chi connectivity index (χ4v) is 6.17. The third kappa shape index (κ3) is 3.65. The fourth-order valence-electron chi connectivity index (χ4n) is 4.67. The van der Waals surface area contributed by atoms with Crippen LogP contribution in [-0.4, -0.2) is 26.9 Å². The van der Waals surface area contributed by atoms with Crippen LogP contribution in [0.5, 0.6) is 0 Å². The van der Waals surface area contributed by atoms with Crippen molar-refractivity contribution in [2.75, 3.05) is 10.8 Å². The van der Waals surface area contributed by atoms with Crippen molar-refractivity contribution in [3.05, 3.63) is 60.2 Å². The molecular weight excluding hydrogens is 372 g/mol. The van der Waals surface area contributed by atoms with Crippen LogP contribution in [0.2, 0.25) is 0 Å². The van der Waals surface area contributed by atoms with E-state index in [0.29, 0.717) is 11.6 Å². The van der Waals surface area contributed by atoms with Crippen molar-refractivity contribution in [1.82, 2.24) is 5.32 Å². The van der Waals surface area contributed by atoms with Gasteiger partial charge in [-0.1, -0.05) is 42.8 Å². The van der Waals surface area contributed by atoms with E-state index < -0.39 is 10.0 Å². The summed E-state index contributed by atoms with van der Waals surface area (Å²) >= 11 is 0. The number of fused-ring (bicyclic) bond motifs is 2. The van der Waals surface area contributed by atoms with Crippen LogP contribution in [0.1, 0.15) is 31.2 Å². The number of hydrogen-bond donors (Lipinski definition) is 1. The summed E-state index contributed by atoms with van der Waals surface area (Å²) in [6.07, 6.45) is 4.63. The van der Waals surface area contributed by atoms with Crippen LogP contribution in [0.15, 0.2) is 59.5 Å². The van der Waals surface area contributed by atoms with Gasteiger partial charge in [-0.25, -0.2) is 8.42 Å². The van der Waals surface area contributed by atoms with E-state index >= 15 is 0 Å². The van der Waals surface area contributed by atoms with E-state index in [2.05, 4.69) is 5.32 Å². The lowest BCUT2D eigenvalue weighted by Crippen LogP contribution is -2.46. The van der Waals surface area contributed by atoms with Crippen LogP contribution in [0, 0.1) is 18.8 Å². The van der Waals surface area contributed by atoms with Crippen LogP contribution < -0.4 is 9.62 Å². The highest BCUT2D eigenvalue weighted by Gasteiger charge is 2.40. The van der Waals surface area contributed by atoms with Crippen molar-refractivity contribution in [2.45, 2.75) is 43.5 Å². The molecule has 28 heavy (non-hydrogen) atoms. The van der Waals surface area contributed by atoms with Crippen molar-refractivity contribution in [2.24, 2.45) is 11.8 Å². The summed E-state index contributed by atoms with van der Waals surface area (Å²) in [5, 5.41) is 3.11. The fraction of sp³-hybridized carbons (Fsp3) is 0.409. The molecule has 2 aromatic rings. The van der Waals surface area contributed by atoms with Gasteiger partial charge in [-0.2, -0.15) is 0 Å². The Balaban J connectivity index is 1.60. The topological polar surface area (TPSA) is 66.5 Å². The first kappa shape index (κ1) is 19.0. The van der Waals surface area contributed by atoms with Gasteiger partial charge in [0.15, 0.2) is 0 Å². The van der Waals surface area contributed by atoms with E-state index in [9.17, 15) is 13.2 Å². The van der Waals surface area contributed by atoms with E-state index in [1.54, 1.807) is 42.5 Å². The van der Waals surface area contributed by atoms with E-state index in [-0.39, 0.29) is 23.4 Å². The largest absolute Gasteiger partial charge is 0.352 e. The maximum Gasteiger partial charge on any atom is 0.264 e. The predicted molar refractivity (Wildman–Crippen MR) is 110 cm³/mol. The molecule has 2 saturated carbocycles. The van der Waals surface area contributed by atoms with E-state index in [1.807, 2.05) is 19.1 Å². The number of rotatable bonds is 6. The second kappa shape index (κ2) is 7.59. The number of anilines is 1. The molecule has 5 nitrogen and oxygen atoms in total. The molecule has 2 aliphatic rings. The second-order valence-electron chi connectivity index (χ2n) is 7.96. The third-order valence-corrected chi connectivity index (χ3v) is 7.86. The molecule has 2 aromatic carbocycles. The minimum atomic E-state index is -3.84. The molecular formula is C22H26N2O3S. The molecule has 0 aliphatic heterocycles. The lowest BCUT2D eigenvalue weighted by molar-refractivity contribution is -0.120. The Morgan fingerprint density at radius 2 is 1.75 bits per heavy atom. The summed E-state index contributed by atoms with van der Waals surface area (Å²) in [5.74, 6) is 1.03. The smallest absolute Gasteiger partial charge is 0.264 e. The summed E-state index contributed by atoms with van der Waals surface area (Å²) in [6, 6.07) is 15.7. The van der Waals surface area contributed by atoms with Gasteiger partial charge in [0.1, 0.15) is 6.54 Å². The lowest BCUT2D eigenvalue weighted by atomic mass is 9.95. The molecule has 0 spiro atoms. The number of hydrogen-bond acceptors (Lipinski definition) is 3. The van der Waals surface area contributed by atoms with Crippen molar-refractivity contribution in [3.63, 3.8) is 0 Å². The number of sulfonamides is 1. The van der Waals surface area contributed by atoms with Crippen LogP contribution in [0.4, 0.5) is 5.69 Å². The summed E-state index contributed by atoms with van der Waals surface area (Å²) in [7, 11) is -3.84. The highest BCUT2D eigenvalue weighted by Crippen LogP contribution is 2.44. The first-order valence-corrected chi connectivity index (χ1v) is 11.3. The number of benzene rings is 2. The van der Waals surface area contributed by atoms with Crippen LogP contribution in [0.3, 0.4) is 0 Å². The Labute approximate surface area is 166 Å². The molecule has 3 atom stereocenters. The monoisotopic (exact) mass is 398 g/mol. The third-order valence-electron chi connectivity index (χ3n) is 6.09. The van der Waals surface area contributed by atoms with Gasteiger partial charge in [0.2, 0.25) is 5.91 Å². The quantitative estimate of drug-likeness (QED) is 0.810. The minimum absolute atomic E-state index is 0.185. The maximum absolute atomic E-state index is 13.3. The van der Waals surface area contributed by atoms with E-state index in [4.69, 9.17) is 0 Å². The SMILES string of the molecule is Cc1ccccc1N(CC(=O)N[C@@H]1C[C@H]2CC[C@@H]1C2)S(=O)(=O)c1ccccc1. The van der Waals surface area contributed by atoms with Gasteiger partial charge in [-0.15, -0.1) is 0 Å². The summed E-state index contributed by atoms with van der Waals surface area (Å²) in [6.45, 7) is 1.65. The number of aryl methyl sites for hydroxylation is 1. The molecule has 148 valence electrons. The summed E-state index contributed by atoms with van der Waals surface area (Å²) < 4.78 is 27.9. The zero-order valence-electron chi connectivity index (χ0n) is 16.0. The van der Waals surface area contributed by atoms with Crippen LogP contribution in [0.25, 0.3) is 0 Å². The minimum Gasteiger partial charge on any atom is -0.352 e. The highest BCUT2D eigenvalue weighted by molar-refractivity contribution is 7.92. The van der Waals surface area contributed by atoms with Gasteiger partial charge < -0.3 is 5.32 Å². The van der Waals surface area contributed by atoms with E-state index in [0.717, 1.165) is 17.9 Å². The number of carbonyl (C=O) groups is 1. The average Bonchev–Trinajstić information content (AvgIpc) is 3.30. The molecule has 0 radical (unpaired) electrons. The number of para-hydroxylation sites is 1. The molecule has 1 N–H and O–H groups in total. The van der Waals surface area contributed by atoms with Gasteiger partial charge in [-0.3, -0.25) is 9.10 Å². The zero-order chi connectivity index (χ0) is 19.7. The molecule has 0 unspecified atom stereocenters. The van der Waals surface area contributed by atoms with Gasteiger partial charge in [0.05, 0.1) is 10.6 Å². The Kier molecular flexibility index (Phi) is 5.15. The van der Waals surface area contributed by atoms with Crippen molar-refractivity contribution >= 4 is 21.6 Å². The molecule has 1 amide bonds. The standard InChI is InChI=1S/C22H26N2O3S/c1-16-7-5-6-10-21(16)24(28(26,27)19-8-3-2-4-9-19)15-22(25)23-20-14-17-11-12-18(20)13-17/h2-10,17-18,20H,11-15H2,1H3,(H,23,25)/t17-,18+,20+/m0/s1. The van der Waals surface area contributed by atoms with Crippen molar-refractivity contribution in [1.29, 1.82) is 0 Å². The number of carbonyl (C=O) groups excluding carboxylic acids is 1. The molecule has 6 heteroatoms. The molecule has 2 aliphatic carbocycles. The highest BCUT2D eigenvalue weighted by atomic mass is 32.2. The van der Waals surface area contributed by atoms with Gasteiger partial charge in [-0.05, 0) is 61.8 Å². The predicted octanol–water partition coefficient (Wildman–Crippen LogP) is 3.50. The number of nitrogens with zero attached hydrogens (tertiary/aromatic N) is 1. The molecule has 2 fully saturated rings. The van der Waals surface area contributed by atoms with Crippen LogP contribution >= 0.6 is 0 Å². The normalized spacial score (nSPS) is 23.5. The zero-order valence-corrected chi connectivity index (χ0v) is 16.9. The van der Waals surface area contributed by atoms with Crippen LogP contribution in [-0.2, 0) is 14.8 Å². The molecule has 0 saturated heterocycles. The summed E-state index contributed by atoms with van der Waals surface area (Å²) in [4.78, 5) is 13.0. The first-order valence-electron chi connectivity index (χ1n) is 9.88. The Bertz CT molecular complexity index is 959. The maximum atomic E-state index is 13.3. The number of amides is 1.